The number of aliphatic hydroxyl groups excluding tert-OH is 1. The van der Waals surface area contributed by atoms with Gasteiger partial charge < -0.3 is 10.4 Å². The largest absolute Gasteiger partial charge is 0.394 e. The van der Waals surface area contributed by atoms with Gasteiger partial charge in [0.2, 0.25) is 0 Å². The molecule has 13 heavy (non-hydrogen) atoms. The van der Waals surface area contributed by atoms with Crippen LogP contribution in [-0.2, 0) is 0 Å². The third-order valence-corrected chi connectivity index (χ3v) is 3.52. The van der Waals surface area contributed by atoms with Gasteiger partial charge in [-0.1, -0.05) is 0 Å². The van der Waals surface area contributed by atoms with Crippen molar-refractivity contribution in [3.63, 3.8) is 0 Å². The molecule has 72 valence electrons. The van der Waals surface area contributed by atoms with Gasteiger partial charge >= 0.3 is 0 Å². The summed E-state index contributed by atoms with van der Waals surface area (Å²) in [5.74, 6) is 0. The SMILES string of the molecule is CN[C@H](CO)c1cc(I)ccc1I. The summed E-state index contributed by atoms with van der Waals surface area (Å²) in [4.78, 5) is 0. The van der Waals surface area contributed by atoms with Gasteiger partial charge in [0.05, 0.1) is 12.6 Å². The Morgan fingerprint density at radius 3 is 2.69 bits per heavy atom. The van der Waals surface area contributed by atoms with Crippen molar-refractivity contribution < 1.29 is 5.11 Å². The molecule has 2 N–H and O–H groups in total. The number of hydrogen-bond donors (Lipinski definition) is 2. The Bertz CT molecular complexity index is 287. The van der Waals surface area contributed by atoms with Crippen LogP contribution in [0.3, 0.4) is 0 Å². The molecule has 0 fully saturated rings. The number of likely N-dealkylation sites (N-methyl/N-ethyl adjacent to an activating group) is 1. The van der Waals surface area contributed by atoms with Crippen molar-refractivity contribution in [2.45, 2.75) is 6.04 Å². The van der Waals surface area contributed by atoms with E-state index < -0.39 is 0 Å². The standard InChI is InChI=1S/C9H11I2NO/c1-12-9(5-13)7-4-6(10)2-3-8(7)11/h2-4,9,12-13H,5H2,1H3/t9-/m1/s1. The van der Waals surface area contributed by atoms with E-state index in [2.05, 4.69) is 68.7 Å². The van der Waals surface area contributed by atoms with Gasteiger partial charge in [-0.15, -0.1) is 0 Å². The first-order valence-electron chi connectivity index (χ1n) is 3.92. The van der Waals surface area contributed by atoms with Crippen LogP contribution >= 0.6 is 45.2 Å². The molecule has 0 aliphatic rings. The molecule has 0 saturated heterocycles. The lowest BCUT2D eigenvalue weighted by atomic mass is 10.1. The van der Waals surface area contributed by atoms with Crippen molar-refractivity contribution in [2.24, 2.45) is 0 Å². The molecule has 0 bridgehead atoms. The predicted molar refractivity (Wildman–Crippen MR) is 70.8 cm³/mol. The second-order valence-electron chi connectivity index (χ2n) is 2.69. The molecule has 0 saturated carbocycles. The maximum absolute atomic E-state index is 9.13. The van der Waals surface area contributed by atoms with Crippen LogP contribution in [0.5, 0.6) is 0 Å². The molecule has 4 heteroatoms. The Balaban J connectivity index is 3.03. The van der Waals surface area contributed by atoms with Crippen molar-refractivity contribution in [3.05, 3.63) is 30.9 Å². The molecule has 0 heterocycles. The summed E-state index contributed by atoms with van der Waals surface area (Å²) in [6, 6.07) is 6.27. The highest BCUT2D eigenvalue weighted by molar-refractivity contribution is 14.1. The fraction of sp³-hybridized carbons (Fsp3) is 0.333. The third-order valence-electron chi connectivity index (χ3n) is 1.86. The lowest BCUT2D eigenvalue weighted by Gasteiger charge is -2.15. The average Bonchev–Trinajstić information content (AvgIpc) is 2.13. The predicted octanol–water partition coefficient (Wildman–Crippen LogP) is 2.15. The van der Waals surface area contributed by atoms with Gasteiger partial charge in [-0.2, -0.15) is 0 Å². The van der Waals surface area contributed by atoms with Crippen LogP contribution in [0.1, 0.15) is 11.6 Å². The topological polar surface area (TPSA) is 32.3 Å². The van der Waals surface area contributed by atoms with E-state index in [-0.39, 0.29) is 12.6 Å². The molecule has 0 aliphatic carbocycles. The van der Waals surface area contributed by atoms with Crippen molar-refractivity contribution in [1.82, 2.24) is 5.32 Å². The normalized spacial score (nSPS) is 12.9. The van der Waals surface area contributed by atoms with Crippen LogP contribution in [-0.4, -0.2) is 18.8 Å². The summed E-state index contributed by atoms with van der Waals surface area (Å²) < 4.78 is 2.38. The molecule has 0 spiro atoms. The number of halogens is 2. The number of rotatable bonds is 3. The Kier molecular flexibility index (Phi) is 4.91. The zero-order valence-corrected chi connectivity index (χ0v) is 11.5. The van der Waals surface area contributed by atoms with Crippen LogP contribution in [0.2, 0.25) is 0 Å². The summed E-state index contributed by atoms with van der Waals surface area (Å²) in [5.41, 5.74) is 1.16. The number of nitrogens with one attached hydrogen (secondary N) is 1. The van der Waals surface area contributed by atoms with Gasteiger partial charge in [0.15, 0.2) is 0 Å². The first kappa shape index (κ1) is 11.7. The zero-order chi connectivity index (χ0) is 9.84. The Hall–Kier alpha value is 0.600. The first-order chi connectivity index (χ1) is 6.19. The number of hydrogen-bond acceptors (Lipinski definition) is 2. The fourth-order valence-corrected chi connectivity index (χ4v) is 2.35. The Morgan fingerprint density at radius 2 is 2.15 bits per heavy atom. The number of aliphatic hydroxyl groups is 1. The molecular weight excluding hydrogens is 392 g/mol. The van der Waals surface area contributed by atoms with E-state index in [0.717, 1.165) is 5.56 Å². The monoisotopic (exact) mass is 403 g/mol. The van der Waals surface area contributed by atoms with E-state index in [9.17, 15) is 0 Å². The van der Waals surface area contributed by atoms with E-state index in [1.165, 1.54) is 7.14 Å². The van der Waals surface area contributed by atoms with Crippen molar-refractivity contribution in [1.29, 1.82) is 0 Å². The highest BCUT2D eigenvalue weighted by Gasteiger charge is 2.11. The minimum atomic E-state index is 0.0432. The second kappa shape index (κ2) is 5.47. The number of benzene rings is 1. The Morgan fingerprint density at radius 1 is 1.46 bits per heavy atom. The van der Waals surface area contributed by atoms with Crippen LogP contribution in [0, 0.1) is 7.14 Å². The van der Waals surface area contributed by atoms with Crippen molar-refractivity contribution in [2.75, 3.05) is 13.7 Å². The molecule has 1 rings (SSSR count). The third kappa shape index (κ3) is 3.03. The van der Waals surface area contributed by atoms with Crippen molar-refractivity contribution >= 4 is 45.2 Å². The van der Waals surface area contributed by atoms with Gasteiger partial charge in [0.1, 0.15) is 0 Å². The van der Waals surface area contributed by atoms with E-state index in [1.807, 2.05) is 7.05 Å². The Labute approximate surface area is 105 Å². The molecule has 1 aromatic carbocycles. The zero-order valence-electron chi connectivity index (χ0n) is 7.22. The highest BCUT2D eigenvalue weighted by atomic mass is 127. The summed E-state index contributed by atoms with van der Waals surface area (Å²) in [6.45, 7) is 0.132. The average molecular weight is 403 g/mol. The summed E-state index contributed by atoms with van der Waals surface area (Å²) in [5, 5.41) is 12.2. The first-order valence-corrected chi connectivity index (χ1v) is 6.08. The molecule has 1 atom stereocenters. The van der Waals surface area contributed by atoms with E-state index in [0.29, 0.717) is 0 Å². The van der Waals surface area contributed by atoms with Crippen LogP contribution in [0.4, 0.5) is 0 Å². The molecule has 1 aromatic rings. The van der Waals surface area contributed by atoms with Gasteiger partial charge in [-0.3, -0.25) is 0 Å². The molecule has 0 unspecified atom stereocenters. The van der Waals surface area contributed by atoms with E-state index >= 15 is 0 Å². The van der Waals surface area contributed by atoms with E-state index in [4.69, 9.17) is 5.11 Å². The molecular formula is C9H11I2NO. The maximum Gasteiger partial charge on any atom is 0.0626 e. The summed E-state index contributed by atoms with van der Waals surface area (Å²) in [6.07, 6.45) is 0. The van der Waals surface area contributed by atoms with Gasteiger partial charge in [0, 0.05) is 7.14 Å². The summed E-state index contributed by atoms with van der Waals surface area (Å²) >= 11 is 4.56. The van der Waals surface area contributed by atoms with Gasteiger partial charge in [-0.05, 0) is 76.0 Å². The van der Waals surface area contributed by atoms with Crippen LogP contribution in [0.15, 0.2) is 18.2 Å². The molecule has 0 aromatic heterocycles. The molecule has 0 amide bonds. The lowest BCUT2D eigenvalue weighted by Crippen LogP contribution is -2.21. The second-order valence-corrected chi connectivity index (χ2v) is 5.10. The molecule has 0 radical (unpaired) electrons. The van der Waals surface area contributed by atoms with Crippen molar-refractivity contribution in [3.8, 4) is 0 Å². The fourth-order valence-electron chi connectivity index (χ4n) is 1.13. The summed E-state index contributed by atoms with van der Waals surface area (Å²) in [7, 11) is 1.86. The smallest absolute Gasteiger partial charge is 0.0626 e. The van der Waals surface area contributed by atoms with E-state index in [1.54, 1.807) is 0 Å². The minimum Gasteiger partial charge on any atom is -0.394 e. The van der Waals surface area contributed by atoms with Gasteiger partial charge in [0.25, 0.3) is 0 Å². The lowest BCUT2D eigenvalue weighted by molar-refractivity contribution is 0.250. The van der Waals surface area contributed by atoms with Gasteiger partial charge in [-0.25, -0.2) is 0 Å². The maximum atomic E-state index is 9.13. The minimum absolute atomic E-state index is 0.0432. The van der Waals surface area contributed by atoms with Crippen LogP contribution in [0.25, 0.3) is 0 Å². The highest BCUT2D eigenvalue weighted by Crippen LogP contribution is 2.21. The molecule has 0 aliphatic heterocycles. The van der Waals surface area contributed by atoms with Crippen LogP contribution < -0.4 is 5.32 Å². The molecule has 2 nitrogen and oxygen atoms in total. The quantitative estimate of drug-likeness (QED) is 0.759.